The third-order valence-electron chi connectivity index (χ3n) is 2.44. The Morgan fingerprint density at radius 2 is 1.88 bits per heavy atom. The van der Waals surface area contributed by atoms with E-state index in [1.807, 2.05) is 24.3 Å². The second-order valence-electron chi connectivity index (χ2n) is 3.64. The van der Waals surface area contributed by atoms with E-state index < -0.39 is 0 Å². The SMILES string of the molecule is O=Cc1cccn(Cc2ccc(Br)cc2)c1=O. The van der Waals surface area contributed by atoms with Gasteiger partial charge in [-0.1, -0.05) is 28.1 Å². The van der Waals surface area contributed by atoms with Crippen LogP contribution >= 0.6 is 15.9 Å². The molecular weight excluding hydrogens is 282 g/mol. The van der Waals surface area contributed by atoms with Crippen molar-refractivity contribution in [3.63, 3.8) is 0 Å². The van der Waals surface area contributed by atoms with Crippen molar-refractivity contribution in [3.05, 3.63) is 68.5 Å². The summed E-state index contributed by atoms with van der Waals surface area (Å²) in [7, 11) is 0. The van der Waals surface area contributed by atoms with Crippen LogP contribution in [-0.4, -0.2) is 10.9 Å². The van der Waals surface area contributed by atoms with Crippen molar-refractivity contribution in [3.8, 4) is 0 Å². The summed E-state index contributed by atoms with van der Waals surface area (Å²) < 4.78 is 2.52. The summed E-state index contributed by atoms with van der Waals surface area (Å²) in [6.07, 6.45) is 2.26. The normalized spacial score (nSPS) is 10.2. The monoisotopic (exact) mass is 291 g/mol. The van der Waals surface area contributed by atoms with E-state index in [0.717, 1.165) is 10.0 Å². The quantitative estimate of drug-likeness (QED) is 0.815. The molecule has 17 heavy (non-hydrogen) atoms. The van der Waals surface area contributed by atoms with Crippen molar-refractivity contribution < 1.29 is 4.79 Å². The summed E-state index contributed by atoms with van der Waals surface area (Å²) in [6.45, 7) is 0.466. The first kappa shape index (κ1) is 11.8. The molecular formula is C13H10BrNO2. The molecule has 0 atom stereocenters. The van der Waals surface area contributed by atoms with Crippen LogP contribution in [0.4, 0.5) is 0 Å². The van der Waals surface area contributed by atoms with Crippen molar-refractivity contribution >= 4 is 22.2 Å². The smallest absolute Gasteiger partial charge is 0.261 e. The number of hydrogen-bond donors (Lipinski definition) is 0. The molecule has 0 amide bonds. The fourth-order valence-electron chi connectivity index (χ4n) is 1.56. The highest BCUT2D eigenvalue weighted by Crippen LogP contribution is 2.11. The largest absolute Gasteiger partial charge is 0.311 e. The highest BCUT2D eigenvalue weighted by atomic mass is 79.9. The van der Waals surface area contributed by atoms with Gasteiger partial charge in [0.1, 0.15) is 0 Å². The molecule has 1 aromatic carbocycles. The average Bonchev–Trinajstić information content (AvgIpc) is 2.35. The van der Waals surface area contributed by atoms with Gasteiger partial charge in [0.2, 0.25) is 0 Å². The zero-order valence-electron chi connectivity index (χ0n) is 8.97. The topological polar surface area (TPSA) is 39.1 Å². The number of carbonyl (C=O) groups excluding carboxylic acids is 1. The molecule has 0 saturated carbocycles. The first-order chi connectivity index (χ1) is 8.20. The van der Waals surface area contributed by atoms with E-state index >= 15 is 0 Å². The van der Waals surface area contributed by atoms with E-state index in [2.05, 4.69) is 15.9 Å². The Bertz CT molecular complexity index is 587. The molecule has 3 nitrogen and oxygen atoms in total. The maximum Gasteiger partial charge on any atom is 0.261 e. The van der Waals surface area contributed by atoms with Crippen molar-refractivity contribution in [2.45, 2.75) is 6.54 Å². The van der Waals surface area contributed by atoms with Gasteiger partial charge in [0, 0.05) is 10.7 Å². The highest BCUT2D eigenvalue weighted by molar-refractivity contribution is 9.10. The standard InChI is InChI=1S/C13H10BrNO2/c14-12-5-3-10(4-6-12)8-15-7-1-2-11(9-16)13(15)17/h1-7,9H,8H2. The summed E-state index contributed by atoms with van der Waals surface area (Å²) in [6, 6.07) is 10.9. The zero-order chi connectivity index (χ0) is 12.3. The number of nitrogens with zero attached hydrogens (tertiary/aromatic N) is 1. The molecule has 2 aromatic rings. The lowest BCUT2D eigenvalue weighted by Gasteiger charge is -2.06. The molecule has 2 rings (SSSR count). The first-order valence-electron chi connectivity index (χ1n) is 5.10. The van der Waals surface area contributed by atoms with Gasteiger partial charge in [0.15, 0.2) is 6.29 Å². The van der Waals surface area contributed by atoms with Gasteiger partial charge in [0.25, 0.3) is 5.56 Å². The molecule has 0 aliphatic rings. The van der Waals surface area contributed by atoms with Crippen LogP contribution in [0.25, 0.3) is 0 Å². The Hall–Kier alpha value is -1.68. The molecule has 0 aliphatic carbocycles. The van der Waals surface area contributed by atoms with Crippen molar-refractivity contribution in [2.24, 2.45) is 0 Å². The zero-order valence-corrected chi connectivity index (χ0v) is 10.6. The van der Waals surface area contributed by atoms with E-state index in [4.69, 9.17) is 0 Å². The lowest BCUT2D eigenvalue weighted by Crippen LogP contribution is -2.23. The maximum atomic E-state index is 11.8. The van der Waals surface area contributed by atoms with Crippen molar-refractivity contribution in [1.82, 2.24) is 4.57 Å². The Morgan fingerprint density at radius 1 is 1.18 bits per heavy atom. The minimum atomic E-state index is -0.259. The third kappa shape index (κ3) is 2.71. The molecule has 0 aliphatic heterocycles. The molecule has 0 N–H and O–H groups in total. The van der Waals surface area contributed by atoms with Crippen LogP contribution in [0.1, 0.15) is 15.9 Å². The fourth-order valence-corrected chi connectivity index (χ4v) is 1.82. The van der Waals surface area contributed by atoms with Crippen LogP contribution in [0.2, 0.25) is 0 Å². The second-order valence-corrected chi connectivity index (χ2v) is 4.56. The van der Waals surface area contributed by atoms with Crippen molar-refractivity contribution in [2.75, 3.05) is 0 Å². The lowest BCUT2D eigenvalue weighted by atomic mass is 10.2. The molecule has 0 fully saturated rings. The van der Waals surface area contributed by atoms with Crippen LogP contribution in [0, 0.1) is 0 Å². The highest BCUT2D eigenvalue weighted by Gasteiger charge is 2.02. The summed E-state index contributed by atoms with van der Waals surface area (Å²) in [5.74, 6) is 0. The van der Waals surface area contributed by atoms with E-state index in [1.165, 1.54) is 10.6 Å². The Morgan fingerprint density at radius 3 is 2.53 bits per heavy atom. The number of aldehydes is 1. The number of pyridine rings is 1. The lowest BCUT2D eigenvalue weighted by molar-refractivity contribution is 0.112. The van der Waals surface area contributed by atoms with Gasteiger partial charge >= 0.3 is 0 Å². The van der Waals surface area contributed by atoms with Crippen LogP contribution < -0.4 is 5.56 Å². The molecule has 0 saturated heterocycles. The molecule has 1 heterocycles. The predicted molar refractivity (Wildman–Crippen MR) is 69.3 cm³/mol. The molecule has 0 unspecified atom stereocenters. The number of halogens is 1. The van der Waals surface area contributed by atoms with Gasteiger partial charge in [-0.15, -0.1) is 0 Å². The maximum absolute atomic E-state index is 11.8. The number of aromatic nitrogens is 1. The van der Waals surface area contributed by atoms with E-state index in [9.17, 15) is 9.59 Å². The van der Waals surface area contributed by atoms with Gasteiger partial charge < -0.3 is 4.57 Å². The molecule has 86 valence electrons. The van der Waals surface area contributed by atoms with Crippen LogP contribution in [0.5, 0.6) is 0 Å². The first-order valence-corrected chi connectivity index (χ1v) is 5.89. The number of rotatable bonds is 3. The summed E-state index contributed by atoms with van der Waals surface area (Å²) in [5, 5.41) is 0. The van der Waals surface area contributed by atoms with E-state index in [-0.39, 0.29) is 11.1 Å². The number of benzene rings is 1. The summed E-state index contributed by atoms with van der Waals surface area (Å²) in [5.41, 5.74) is 0.938. The van der Waals surface area contributed by atoms with Gasteiger partial charge in [-0.25, -0.2) is 0 Å². The minimum Gasteiger partial charge on any atom is -0.311 e. The Kier molecular flexibility index (Phi) is 3.54. The molecule has 4 heteroatoms. The van der Waals surface area contributed by atoms with Gasteiger partial charge in [-0.3, -0.25) is 9.59 Å². The van der Waals surface area contributed by atoms with Crippen LogP contribution in [-0.2, 0) is 6.54 Å². The Balaban J connectivity index is 2.33. The number of carbonyl (C=O) groups is 1. The van der Waals surface area contributed by atoms with Gasteiger partial charge in [0.05, 0.1) is 12.1 Å². The third-order valence-corrected chi connectivity index (χ3v) is 2.97. The molecule has 1 aromatic heterocycles. The summed E-state index contributed by atoms with van der Waals surface area (Å²) >= 11 is 3.35. The second kappa shape index (κ2) is 5.10. The minimum absolute atomic E-state index is 0.185. The van der Waals surface area contributed by atoms with E-state index in [0.29, 0.717) is 12.8 Å². The predicted octanol–water partition coefficient (Wildman–Crippen LogP) is 2.47. The molecule has 0 radical (unpaired) electrons. The average molecular weight is 292 g/mol. The Labute approximate surface area is 107 Å². The summed E-state index contributed by atoms with van der Waals surface area (Å²) in [4.78, 5) is 22.5. The molecule has 0 bridgehead atoms. The fraction of sp³-hybridized carbons (Fsp3) is 0.0769. The van der Waals surface area contributed by atoms with Gasteiger partial charge in [-0.2, -0.15) is 0 Å². The molecule has 0 spiro atoms. The number of hydrogen-bond acceptors (Lipinski definition) is 2. The van der Waals surface area contributed by atoms with E-state index in [1.54, 1.807) is 12.3 Å². The van der Waals surface area contributed by atoms with Crippen molar-refractivity contribution in [1.29, 1.82) is 0 Å². The van der Waals surface area contributed by atoms with Crippen LogP contribution in [0.3, 0.4) is 0 Å². The van der Waals surface area contributed by atoms with Crippen LogP contribution in [0.15, 0.2) is 51.9 Å². The van der Waals surface area contributed by atoms with Gasteiger partial charge in [-0.05, 0) is 29.8 Å².